The summed E-state index contributed by atoms with van der Waals surface area (Å²) in [4.78, 5) is 22.1. The first kappa shape index (κ1) is 15.6. The van der Waals surface area contributed by atoms with Gasteiger partial charge in [-0.25, -0.2) is 0 Å². The molecule has 3 N–H and O–H groups in total. The zero-order valence-corrected chi connectivity index (χ0v) is 12.4. The van der Waals surface area contributed by atoms with Gasteiger partial charge >= 0.3 is 0 Å². The standard InChI is InChI=1S/C12H16BrN3O3/c1-7-5-9(13)10(6-11(7)16(18)19)15-12(17)4-3-8(2)14/h5-6,8H,3-4,14H2,1-2H3,(H,15,17). The quantitative estimate of drug-likeness (QED) is 0.640. The van der Waals surface area contributed by atoms with Gasteiger partial charge in [0.1, 0.15) is 0 Å². The van der Waals surface area contributed by atoms with Crippen molar-refractivity contribution in [2.24, 2.45) is 5.73 Å². The summed E-state index contributed by atoms with van der Waals surface area (Å²) < 4.78 is 0.616. The Bertz CT molecular complexity index is 503. The number of amides is 1. The lowest BCUT2D eigenvalue weighted by Gasteiger charge is -2.09. The molecule has 0 aliphatic rings. The number of nitrogens with zero attached hydrogens (tertiary/aromatic N) is 1. The van der Waals surface area contributed by atoms with Gasteiger partial charge < -0.3 is 11.1 Å². The lowest BCUT2D eigenvalue weighted by Crippen LogP contribution is -2.19. The molecule has 0 aromatic heterocycles. The summed E-state index contributed by atoms with van der Waals surface area (Å²) in [5.74, 6) is -0.212. The SMILES string of the molecule is Cc1cc(Br)c(NC(=O)CCC(C)N)cc1[N+](=O)[O-]. The molecule has 0 radical (unpaired) electrons. The normalized spacial score (nSPS) is 12.0. The van der Waals surface area contributed by atoms with Crippen LogP contribution in [0.2, 0.25) is 0 Å². The van der Waals surface area contributed by atoms with Gasteiger partial charge in [0.15, 0.2) is 0 Å². The van der Waals surface area contributed by atoms with Crippen molar-refractivity contribution in [2.75, 3.05) is 5.32 Å². The molecule has 0 aliphatic heterocycles. The van der Waals surface area contributed by atoms with Gasteiger partial charge in [-0.05, 0) is 42.3 Å². The molecule has 0 bridgehead atoms. The van der Waals surface area contributed by atoms with Crippen LogP contribution in [0.15, 0.2) is 16.6 Å². The summed E-state index contributed by atoms with van der Waals surface area (Å²) in [6, 6.07) is 2.91. The number of hydrogen-bond acceptors (Lipinski definition) is 4. The fourth-order valence-corrected chi connectivity index (χ4v) is 2.08. The summed E-state index contributed by atoms with van der Waals surface area (Å²) in [5.41, 5.74) is 6.47. The molecule has 0 spiro atoms. The number of nitro benzene ring substituents is 1. The average molecular weight is 330 g/mol. The van der Waals surface area contributed by atoms with Crippen LogP contribution in [-0.4, -0.2) is 16.9 Å². The molecular weight excluding hydrogens is 314 g/mol. The van der Waals surface area contributed by atoms with E-state index in [4.69, 9.17) is 5.73 Å². The van der Waals surface area contributed by atoms with E-state index in [1.807, 2.05) is 6.92 Å². The Hall–Kier alpha value is -1.47. The first-order valence-corrected chi connectivity index (χ1v) is 6.60. The van der Waals surface area contributed by atoms with Gasteiger partial charge in [0.25, 0.3) is 5.69 Å². The number of aryl methyl sites for hydroxylation is 1. The van der Waals surface area contributed by atoms with Crippen molar-refractivity contribution in [3.05, 3.63) is 32.3 Å². The number of carbonyl (C=O) groups excluding carboxylic acids is 1. The van der Waals surface area contributed by atoms with Crippen LogP contribution < -0.4 is 11.1 Å². The van der Waals surface area contributed by atoms with E-state index in [0.29, 0.717) is 22.1 Å². The van der Waals surface area contributed by atoms with E-state index in [1.54, 1.807) is 13.0 Å². The molecular formula is C12H16BrN3O3. The molecule has 0 aliphatic carbocycles. The highest BCUT2D eigenvalue weighted by atomic mass is 79.9. The lowest BCUT2D eigenvalue weighted by atomic mass is 10.1. The Morgan fingerprint density at radius 3 is 2.74 bits per heavy atom. The van der Waals surface area contributed by atoms with Gasteiger partial charge in [-0.2, -0.15) is 0 Å². The number of halogens is 1. The van der Waals surface area contributed by atoms with Crippen LogP contribution in [0.1, 0.15) is 25.3 Å². The Kier molecular flexibility index (Phi) is 5.44. The second-order valence-electron chi connectivity index (χ2n) is 4.44. The molecule has 0 saturated carbocycles. The lowest BCUT2D eigenvalue weighted by molar-refractivity contribution is -0.385. The molecule has 0 heterocycles. The van der Waals surface area contributed by atoms with E-state index >= 15 is 0 Å². The predicted molar refractivity (Wildman–Crippen MR) is 77.0 cm³/mol. The van der Waals surface area contributed by atoms with Crippen LogP contribution in [0.25, 0.3) is 0 Å². The number of nitro groups is 1. The van der Waals surface area contributed by atoms with Crippen molar-refractivity contribution >= 4 is 33.2 Å². The maximum absolute atomic E-state index is 11.7. The first-order chi connectivity index (χ1) is 8.81. The maximum atomic E-state index is 11.7. The Balaban J connectivity index is 2.86. The number of carbonyl (C=O) groups is 1. The highest BCUT2D eigenvalue weighted by Crippen LogP contribution is 2.30. The van der Waals surface area contributed by atoms with Gasteiger partial charge in [-0.15, -0.1) is 0 Å². The molecule has 7 heteroatoms. The van der Waals surface area contributed by atoms with E-state index in [0.717, 1.165) is 0 Å². The van der Waals surface area contributed by atoms with E-state index in [2.05, 4.69) is 21.2 Å². The minimum atomic E-state index is -0.473. The zero-order chi connectivity index (χ0) is 14.6. The van der Waals surface area contributed by atoms with Crippen molar-refractivity contribution in [1.82, 2.24) is 0 Å². The number of nitrogens with one attached hydrogen (secondary N) is 1. The molecule has 0 fully saturated rings. The minimum Gasteiger partial charge on any atom is -0.328 e. The van der Waals surface area contributed by atoms with Gasteiger partial charge in [0.05, 0.1) is 10.6 Å². The summed E-state index contributed by atoms with van der Waals surface area (Å²) in [7, 11) is 0. The number of hydrogen-bond donors (Lipinski definition) is 2. The van der Waals surface area contributed by atoms with Crippen LogP contribution in [0.3, 0.4) is 0 Å². The second kappa shape index (κ2) is 6.63. The van der Waals surface area contributed by atoms with Crippen LogP contribution in [0.5, 0.6) is 0 Å². The molecule has 1 amide bonds. The largest absolute Gasteiger partial charge is 0.328 e. The fourth-order valence-electron chi connectivity index (χ4n) is 1.53. The van der Waals surface area contributed by atoms with E-state index < -0.39 is 4.92 Å². The van der Waals surface area contributed by atoms with Crippen molar-refractivity contribution in [2.45, 2.75) is 32.7 Å². The third-order valence-corrected chi connectivity index (χ3v) is 3.24. The van der Waals surface area contributed by atoms with Crippen molar-refractivity contribution in [3.63, 3.8) is 0 Å². The average Bonchev–Trinajstić information content (AvgIpc) is 2.29. The smallest absolute Gasteiger partial charge is 0.274 e. The predicted octanol–water partition coefficient (Wildman–Crippen LogP) is 2.73. The molecule has 1 aromatic carbocycles. The van der Waals surface area contributed by atoms with Gasteiger partial charge in [-0.3, -0.25) is 14.9 Å². The van der Waals surface area contributed by atoms with Crippen molar-refractivity contribution in [3.8, 4) is 0 Å². The monoisotopic (exact) mass is 329 g/mol. The van der Waals surface area contributed by atoms with Gasteiger partial charge in [0, 0.05) is 28.6 Å². The Morgan fingerprint density at radius 1 is 1.58 bits per heavy atom. The maximum Gasteiger partial charge on any atom is 0.274 e. The number of rotatable bonds is 5. The molecule has 1 atom stereocenters. The van der Waals surface area contributed by atoms with Crippen LogP contribution in [-0.2, 0) is 4.79 Å². The first-order valence-electron chi connectivity index (χ1n) is 5.81. The molecule has 1 unspecified atom stereocenters. The van der Waals surface area contributed by atoms with Crippen LogP contribution in [0, 0.1) is 17.0 Å². The zero-order valence-electron chi connectivity index (χ0n) is 10.8. The van der Waals surface area contributed by atoms with Gasteiger partial charge in [0.2, 0.25) is 5.91 Å². The van der Waals surface area contributed by atoms with E-state index in [-0.39, 0.29) is 24.1 Å². The second-order valence-corrected chi connectivity index (χ2v) is 5.29. The third-order valence-electron chi connectivity index (χ3n) is 2.58. The number of benzene rings is 1. The summed E-state index contributed by atoms with van der Waals surface area (Å²) in [5, 5.41) is 13.5. The Labute approximate surface area is 119 Å². The number of nitrogens with two attached hydrogens (primary N) is 1. The minimum absolute atomic E-state index is 0.0225. The van der Waals surface area contributed by atoms with Crippen LogP contribution in [0.4, 0.5) is 11.4 Å². The molecule has 104 valence electrons. The third kappa shape index (κ3) is 4.60. The molecule has 1 rings (SSSR count). The highest BCUT2D eigenvalue weighted by molar-refractivity contribution is 9.10. The molecule has 0 saturated heterocycles. The van der Waals surface area contributed by atoms with E-state index in [9.17, 15) is 14.9 Å². The summed E-state index contributed by atoms with van der Waals surface area (Å²) in [6.07, 6.45) is 0.850. The summed E-state index contributed by atoms with van der Waals surface area (Å²) in [6.45, 7) is 3.46. The number of anilines is 1. The van der Waals surface area contributed by atoms with Crippen molar-refractivity contribution in [1.29, 1.82) is 0 Å². The molecule has 1 aromatic rings. The molecule has 19 heavy (non-hydrogen) atoms. The highest BCUT2D eigenvalue weighted by Gasteiger charge is 2.15. The Morgan fingerprint density at radius 2 is 2.21 bits per heavy atom. The topological polar surface area (TPSA) is 98.3 Å². The fraction of sp³-hybridized carbons (Fsp3) is 0.417. The molecule has 6 nitrogen and oxygen atoms in total. The van der Waals surface area contributed by atoms with Crippen molar-refractivity contribution < 1.29 is 9.72 Å². The summed E-state index contributed by atoms with van der Waals surface area (Å²) >= 11 is 3.28. The van der Waals surface area contributed by atoms with Gasteiger partial charge in [-0.1, -0.05) is 0 Å². The van der Waals surface area contributed by atoms with E-state index in [1.165, 1.54) is 6.07 Å². The van der Waals surface area contributed by atoms with Crippen LogP contribution >= 0.6 is 15.9 Å².